The van der Waals surface area contributed by atoms with Gasteiger partial charge in [-0.05, 0) is 17.2 Å². The highest BCUT2D eigenvalue weighted by Crippen LogP contribution is 2.35. The number of esters is 1. The van der Waals surface area contributed by atoms with Crippen LogP contribution in [0.4, 0.5) is 0 Å². The summed E-state index contributed by atoms with van der Waals surface area (Å²) in [6.07, 6.45) is 0. The third-order valence-electron chi connectivity index (χ3n) is 4.51. The molecule has 0 aliphatic rings. The summed E-state index contributed by atoms with van der Waals surface area (Å²) in [7, 11) is 3.11. The fourth-order valence-corrected chi connectivity index (χ4v) is 3.13. The van der Waals surface area contributed by atoms with E-state index in [0.29, 0.717) is 16.9 Å². The Labute approximate surface area is 159 Å². The minimum atomic E-state index is -1.34. The number of benzene rings is 3. The number of para-hydroxylation sites is 1. The molecule has 0 amide bonds. The lowest BCUT2D eigenvalue weighted by Crippen LogP contribution is -2.40. The molecule has 3 rings (SSSR count). The van der Waals surface area contributed by atoms with Crippen molar-refractivity contribution in [2.24, 2.45) is 0 Å². The van der Waals surface area contributed by atoms with Crippen LogP contribution in [0, 0.1) is 0 Å². The van der Waals surface area contributed by atoms with Gasteiger partial charge in [0.25, 0.3) is 0 Å². The Morgan fingerprint density at radius 1 is 0.778 bits per heavy atom. The maximum absolute atomic E-state index is 13.3. The normalized spacial score (nSPS) is 11.0. The fraction of sp³-hybridized carbons (Fsp3) is 0.174. The fourth-order valence-electron chi connectivity index (χ4n) is 3.13. The molecule has 0 aliphatic carbocycles. The molecule has 4 nitrogen and oxygen atoms in total. The highest BCUT2D eigenvalue weighted by atomic mass is 16.6. The third kappa shape index (κ3) is 3.71. The van der Waals surface area contributed by atoms with E-state index in [1.54, 1.807) is 7.11 Å². The molecule has 0 atom stereocenters. The van der Waals surface area contributed by atoms with Gasteiger partial charge in [0, 0.05) is 12.7 Å². The predicted octanol–water partition coefficient (Wildman–Crippen LogP) is 4.33. The van der Waals surface area contributed by atoms with E-state index in [9.17, 15) is 4.79 Å². The highest BCUT2D eigenvalue weighted by molar-refractivity contribution is 5.85. The average Bonchev–Trinajstić information content (AvgIpc) is 2.75. The highest BCUT2D eigenvalue weighted by Gasteiger charge is 2.44. The molecule has 0 N–H and O–H groups in total. The molecule has 0 saturated carbocycles. The van der Waals surface area contributed by atoms with Crippen LogP contribution in [-0.4, -0.2) is 20.2 Å². The van der Waals surface area contributed by atoms with E-state index >= 15 is 0 Å². The number of methoxy groups -OCH3 is 2. The molecule has 0 radical (unpaired) electrons. The monoisotopic (exact) mass is 362 g/mol. The molecule has 0 unspecified atom stereocenters. The first-order valence-electron chi connectivity index (χ1n) is 8.67. The number of hydrogen-bond donors (Lipinski definition) is 0. The Morgan fingerprint density at radius 3 is 1.81 bits per heavy atom. The molecule has 0 bridgehead atoms. The van der Waals surface area contributed by atoms with Crippen molar-refractivity contribution in [3.63, 3.8) is 0 Å². The Kier molecular flexibility index (Phi) is 5.89. The maximum Gasteiger partial charge on any atom is 0.348 e. The first kappa shape index (κ1) is 18.7. The van der Waals surface area contributed by atoms with Crippen LogP contribution >= 0.6 is 0 Å². The lowest BCUT2D eigenvalue weighted by Gasteiger charge is -2.31. The SMILES string of the molecule is COc1ccccc1COC(=O)C(OC)(c1ccccc1)c1ccccc1. The van der Waals surface area contributed by atoms with Gasteiger partial charge in [0.1, 0.15) is 12.4 Å². The topological polar surface area (TPSA) is 44.8 Å². The Hall–Kier alpha value is -3.11. The van der Waals surface area contributed by atoms with Crippen molar-refractivity contribution >= 4 is 5.97 Å². The standard InChI is InChI=1S/C23H22O4/c1-25-21-16-10-9-11-18(21)17-27-22(24)23(26-2,19-12-5-3-6-13-19)20-14-7-4-8-15-20/h3-16H,17H2,1-2H3. The number of carbonyl (C=O) groups excluding carboxylic acids is 1. The second-order valence-corrected chi connectivity index (χ2v) is 6.01. The minimum absolute atomic E-state index is 0.0909. The van der Waals surface area contributed by atoms with Crippen LogP contribution in [0.25, 0.3) is 0 Å². The van der Waals surface area contributed by atoms with Gasteiger partial charge >= 0.3 is 5.97 Å². The van der Waals surface area contributed by atoms with E-state index in [1.165, 1.54) is 7.11 Å². The van der Waals surface area contributed by atoms with E-state index in [0.717, 1.165) is 5.56 Å². The van der Waals surface area contributed by atoms with Crippen LogP contribution in [0.3, 0.4) is 0 Å². The number of rotatable bonds is 7. The molecule has 0 spiro atoms. The summed E-state index contributed by atoms with van der Waals surface area (Å²) in [5, 5.41) is 0. The van der Waals surface area contributed by atoms with E-state index in [1.807, 2.05) is 84.9 Å². The maximum atomic E-state index is 13.3. The summed E-state index contributed by atoms with van der Waals surface area (Å²) in [6.45, 7) is 0.0909. The zero-order valence-electron chi connectivity index (χ0n) is 15.4. The molecule has 0 saturated heterocycles. The van der Waals surface area contributed by atoms with Crippen LogP contribution in [0.5, 0.6) is 5.75 Å². The number of hydrogen-bond acceptors (Lipinski definition) is 4. The minimum Gasteiger partial charge on any atom is -0.496 e. The van der Waals surface area contributed by atoms with Crippen molar-refractivity contribution in [3.05, 3.63) is 102 Å². The molecular weight excluding hydrogens is 340 g/mol. The van der Waals surface area contributed by atoms with Crippen molar-refractivity contribution in [1.29, 1.82) is 0 Å². The van der Waals surface area contributed by atoms with Gasteiger partial charge < -0.3 is 14.2 Å². The summed E-state index contributed by atoms with van der Waals surface area (Å²) in [5.74, 6) is 0.195. The van der Waals surface area contributed by atoms with E-state index in [4.69, 9.17) is 14.2 Å². The Bertz CT molecular complexity index is 836. The van der Waals surface area contributed by atoms with Crippen molar-refractivity contribution in [2.45, 2.75) is 12.2 Å². The van der Waals surface area contributed by atoms with Gasteiger partial charge in [-0.1, -0.05) is 78.9 Å². The summed E-state index contributed by atoms with van der Waals surface area (Å²) in [5.41, 5.74) is 0.872. The van der Waals surface area contributed by atoms with Crippen LogP contribution < -0.4 is 4.74 Å². The van der Waals surface area contributed by atoms with Gasteiger partial charge in [-0.15, -0.1) is 0 Å². The van der Waals surface area contributed by atoms with Gasteiger partial charge in [0.15, 0.2) is 0 Å². The first-order chi connectivity index (χ1) is 13.2. The molecule has 138 valence electrons. The summed E-state index contributed by atoms with van der Waals surface area (Å²) in [6, 6.07) is 26.2. The molecule has 0 heterocycles. The summed E-state index contributed by atoms with van der Waals surface area (Å²) < 4.78 is 16.8. The first-order valence-corrected chi connectivity index (χ1v) is 8.67. The second kappa shape index (κ2) is 8.52. The number of ether oxygens (including phenoxy) is 3. The van der Waals surface area contributed by atoms with Crippen molar-refractivity contribution in [2.75, 3.05) is 14.2 Å². The van der Waals surface area contributed by atoms with Crippen molar-refractivity contribution in [1.82, 2.24) is 0 Å². The van der Waals surface area contributed by atoms with Crippen LogP contribution in [0.15, 0.2) is 84.9 Å². The van der Waals surface area contributed by atoms with Gasteiger partial charge in [-0.2, -0.15) is 0 Å². The largest absolute Gasteiger partial charge is 0.496 e. The molecule has 0 aliphatic heterocycles. The number of carbonyl (C=O) groups is 1. The zero-order chi connectivity index (χ0) is 19.1. The quantitative estimate of drug-likeness (QED) is 0.587. The smallest absolute Gasteiger partial charge is 0.348 e. The molecule has 27 heavy (non-hydrogen) atoms. The zero-order valence-corrected chi connectivity index (χ0v) is 15.4. The molecule has 0 fully saturated rings. The van der Waals surface area contributed by atoms with Gasteiger partial charge in [0.05, 0.1) is 7.11 Å². The van der Waals surface area contributed by atoms with Crippen molar-refractivity contribution in [3.8, 4) is 5.75 Å². The predicted molar refractivity (Wildman–Crippen MR) is 103 cm³/mol. The molecular formula is C23H22O4. The second-order valence-electron chi connectivity index (χ2n) is 6.01. The summed E-state index contributed by atoms with van der Waals surface area (Å²) >= 11 is 0. The lowest BCUT2D eigenvalue weighted by atomic mass is 9.86. The molecule has 0 aromatic heterocycles. The molecule has 3 aromatic carbocycles. The Morgan fingerprint density at radius 2 is 1.30 bits per heavy atom. The van der Waals surface area contributed by atoms with E-state index in [2.05, 4.69) is 0 Å². The van der Waals surface area contributed by atoms with Crippen LogP contribution in [0.1, 0.15) is 16.7 Å². The Balaban J connectivity index is 1.97. The third-order valence-corrected chi connectivity index (χ3v) is 4.51. The van der Waals surface area contributed by atoms with Gasteiger partial charge in [-0.25, -0.2) is 4.79 Å². The average molecular weight is 362 g/mol. The van der Waals surface area contributed by atoms with Gasteiger partial charge in [-0.3, -0.25) is 0 Å². The molecule has 3 aromatic rings. The molecule has 4 heteroatoms. The lowest BCUT2D eigenvalue weighted by molar-refractivity contribution is -0.167. The van der Waals surface area contributed by atoms with E-state index in [-0.39, 0.29) is 6.61 Å². The van der Waals surface area contributed by atoms with E-state index < -0.39 is 11.6 Å². The van der Waals surface area contributed by atoms with Crippen LogP contribution in [0.2, 0.25) is 0 Å². The van der Waals surface area contributed by atoms with Crippen LogP contribution in [-0.2, 0) is 26.5 Å². The van der Waals surface area contributed by atoms with Crippen molar-refractivity contribution < 1.29 is 19.0 Å². The van der Waals surface area contributed by atoms with Gasteiger partial charge in [0.2, 0.25) is 5.60 Å². The summed E-state index contributed by atoms with van der Waals surface area (Å²) in [4.78, 5) is 13.3.